The van der Waals surface area contributed by atoms with Crippen LogP contribution < -0.4 is 5.32 Å². The summed E-state index contributed by atoms with van der Waals surface area (Å²) in [5, 5.41) is 5.03. The van der Waals surface area contributed by atoms with E-state index in [1.165, 1.54) is 42.4 Å². The molecule has 3 rings (SSSR count). The van der Waals surface area contributed by atoms with Crippen molar-refractivity contribution in [3.05, 3.63) is 36.0 Å². The van der Waals surface area contributed by atoms with Crippen LogP contribution in [0.5, 0.6) is 0 Å². The lowest BCUT2D eigenvalue weighted by atomic mass is 10.1. The van der Waals surface area contributed by atoms with E-state index in [-0.39, 0.29) is 24.8 Å². The van der Waals surface area contributed by atoms with Crippen LogP contribution in [0, 0.1) is 0 Å². The Balaban J connectivity index is 0.00000121. The van der Waals surface area contributed by atoms with Crippen molar-refractivity contribution in [2.75, 3.05) is 19.6 Å². The summed E-state index contributed by atoms with van der Waals surface area (Å²) in [4.78, 5) is 2.59. The maximum absolute atomic E-state index is 3.66. The Morgan fingerprint density at radius 1 is 1.23 bits per heavy atom. The van der Waals surface area contributed by atoms with Gasteiger partial charge < -0.3 is 9.88 Å². The molecule has 0 saturated carbocycles. The van der Waals surface area contributed by atoms with E-state index in [2.05, 4.69) is 59.2 Å². The van der Waals surface area contributed by atoms with Gasteiger partial charge in [0.15, 0.2) is 0 Å². The quantitative estimate of drug-likeness (QED) is 0.894. The van der Waals surface area contributed by atoms with Gasteiger partial charge in [-0.3, -0.25) is 4.90 Å². The number of likely N-dealkylation sites (N-methyl/N-ethyl adjacent to an activating group) is 1. The summed E-state index contributed by atoms with van der Waals surface area (Å²) in [5.74, 6) is 0. The van der Waals surface area contributed by atoms with Crippen molar-refractivity contribution in [1.29, 1.82) is 0 Å². The number of nitrogens with zero attached hydrogens (tertiary/aromatic N) is 2. The zero-order valence-electron chi connectivity index (χ0n) is 13.4. The number of para-hydroxylation sites is 1. The number of nitrogens with one attached hydrogen (secondary N) is 1. The Labute approximate surface area is 145 Å². The summed E-state index contributed by atoms with van der Waals surface area (Å²) >= 11 is 0. The van der Waals surface area contributed by atoms with Gasteiger partial charge in [0.05, 0.1) is 0 Å². The average Bonchev–Trinajstić information content (AvgIpc) is 3.05. The fourth-order valence-corrected chi connectivity index (χ4v) is 3.48. The van der Waals surface area contributed by atoms with Crippen molar-refractivity contribution in [2.24, 2.45) is 7.05 Å². The Morgan fingerprint density at radius 2 is 2.00 bits per heavy atom. The lowest BCUT2D eigenvalue weighted by Crippen LogP contribution is -2.37. The highest BCUT2D eigenvalue weighted by Gasteiger charge is 2.22. The molecule has 1 aliphatic rings. The molecule has 5 heteroatoms. The normalized spacial score (nSPS) is 18.2. The Morgan fingerprint density at radius 3 is 2.77 bits per heavy atom. The predicted molar refractivity (Wildman–Crippen MR) is 99.4 cm³/mol. The maximum Gasteiger partial charge on any atom is 0.0481 e. The van der Waals surface area contributed by atoms with Crippen LogP contribution in [0.2, 0.25) is 0 Å². The smallest absolute Gasteiger partial charge is 0.0481 e. The van der Waals surface area contributed by atoms with E-state index < -0.39 is 0 Å². The fourth-order valence-electron chi connectivity index (χ4n) is 3.48. The number of aryl methyl sites for hydroxylation is 1. The number of aromatic nitrogens is 1. The first-order valence-electron chi connectivity index (χ1n) is 7.77. The molecule has 1 unspecified atom stereocenters. The van der Waals surface area contributed by atoms with E-state index in [0.29, 0.717) is 0 Å². The molecule has 1 aliphatic heterocycles. The number of rotatable bonds is 5. The lowest BCUT2D eigenvalue weighted by molar-refractivity contribution is 0.260. The van der Waals surface area contributed by atoms with Gasteiger partial charge >= 0.3 is 0 Å². The van der Waals surface area contributed by atoms with Crippen molar-refractivity contribution in [3.8, 4) is 0 Å². The molecule has 22 heavy (non-hydrogen) atoms. The van der Waals surface area contributed by atoms with Gasteiger partial charge in [-0.2, -0.15) is 0 Å². The number of halogens is 2. The highest BCUT2D eigenvalue weighted by atomic mass is 35.5. The number of benzene rings is 1. The Hall–Kier alpha value is -0.740. The first-order valence-corrected chi connectivity index (χ1v) is 7.77. The Bertz CT molecular complexity index is 582. The molecule has 2 aromatic rings. The van der Waals surface area contributed by atoms with Crippen molar-refractivity contribution in [3.63, 3.8) is 0 Å². The molecule has 0 spiro atoms. The largest absolute Gasteiger partial charge is 0.350 e. The summed E-state index contributed by atoms with van der Waals surface area (Å²) in [6, 6.07) is 9.38. The van der Waals surface area contributed by atoms with Crippen LogP contribution in [0.3, 0.4) is 0 Å². The highest BCUT2D eigenvalue weighted by molar-refractivity contribution is 5.85. The van der Waals surface area contributed by atoms with Gasteiger partial charge in [0.1, 0.15) is 0 Å². The van der Waals surface area contributed by atoms with Crippen LogP contribution >= 0.6 is 24.8 Å². The summed E-state index contributed by atoms with van der Waals surface area (Å²) in [6.07, 6.45) is 4.95. The standard InChI is InChI=1S/C17H25N3.2ClH/c1-3-20-10-6-7-15(20)12-18-11-14-13-19(2)17-9-5-4-8-16(14)17;;/h4-5,8-9,13,15,18H,3,6-7,10-12H2,1-2H3;2*1H. The van der Waals surface area contributed by atoms with Gasteiger partial charge in [0, 0.05) is 43.3 Å². The molecule has 1 saturated heterocycles. The van der Waals surface area contributed by atoms with Gasteiger partial charge in [-0.1, -0.05) is 25.1 Å². The van der Waals surface area contributed by atoms with E-state index in [1.807, 2.05) is 0 Å². The second-order valence-corrected chi connectivity index (χ2v) is 5.84. The van der Waals surface area contributed by atoms with Crippen LogP contribution in [0.4, 0.5) is 0 Å². The zero-order chi connectivity index (χ0) is 13.9. The summed E-state index contributed by atoms with van der Waals surface area (Å²) in [7, 11) is 2.13. The van der Waals surface area contributed by atoms with Crippen LogP contribution in [0.25, 0.3) is 10.9 Å². The van der Waals surface area contributed by atoms with Gasteiger partial charge in [0.25, 0.3) is 0 Å². The summed E-state index contributed by atoms with van der Waals surface area (Å²) in [5.41, 5.74) is 2.73. The number of likely N-dealkylation sites (tertiary alicyclic amines) is 1. The van der Waals surface area contributed by atoms with E-state index >= 15 is 0 Å². The molecule has 1 aromatic heterocycles. The third-order valence-corrected chi connectivity index (χ3v) is 4.58. The van der Waals surface area contributed by atoms with Gasteiger partial charge in [-0.15, -0.1) is 24.8 Å². The molecule has 1 aromatic carbocycles. The lowest BCUT2D eigenvalue weighted by Gasteiger charge is -2.22. The summed E-state index contributed by atoms with van der Waals surface area (Å²) in [6.45, 7) is 6.80. The van der Waals surface area contributed by atoms with E-state index in [1.54, 1.807) is 0 Å². The van der Waals surface area contributed by atoms with Crippen LogP contribution in [-0.2, 0) is 13.6 Å². The van der Waals surface area contributed by atoms with Crippen molar-refractivity contribution < 1.29 is 0 Å². The third kappa shape index (κ3) is 3.96. The van der Waals surface area contributed by atoms with Crippen molar-refractivity contribution in [1.82, 2.24) is 14.8 Å². The third-order valence-electron chi connectivity index (χ3n) is 4.58. The van der Waals surface area contributed by atoms with Crippen molar-refractivity contribution in [2.45, 2.75) is 32.4 Å². The molecule has 0 radical (unpaired) electrons. The number of hydrogen-bond donors (Lipinski definition) is 1. The average molecular weight is 344 g/mol. The van der Waals surface area contributed by atoms with Gasteiger partial charge in [-0.25, -0.2) is 0 Å². The van der Waals surface area contributed by atoms with Gasteiger partial charge in [0.2, 0.25) is 0 Å². The highest BCUT2D eigenvalue weighted by Crippen LogP contribution is 2.20. The molecular weight excluding hydrogens is 317 g/mol. The second kappa shape index (κ2) is 8.78. The molecule has 3 nitrogen and oxygen atoms in total. The minimum absolute atomic E-state index is 0. The second-order valence-electron chi connectivity index (χ2n) is 5.84. The Kier molecular flexibility index (Phi) is 7.70. The number of fused-ring (bicyclic) bond motifs is 1. The number of hydrogen-bond acceptors (Lipinski definition) is 2. The molecule has 1 atom stereocenters. The molecule has 0 aliphatic carbocycles. The van der Waals surface area contributed by atoms with Crippen LogP contribution in [0.1, 0.15) is 25.3 Å². The van der Waals surface area contributed by atoms with Crippen LogP contribution in [-0.4, -0.2) is 35.1 Å². The molecule has 0 bridgehead atoms. The first kappa shape index (κ1) is 19.3. The zero-order valence-corrected chi connectivity index (χ0v) is 15.1. The topological polar surface area (TPSA) is 20.2 Å². The minimum atomic E-state index is 0. The molecule has 2 heterocycles. The molecule has 0 amide bonds. The molecule has 1 N–H and O–H groups in total. The SMILES string of the molecule is CCN1CCCC1CNCc1cn(C)c2ccccc12.Cl.Cl. The van der Waals surface area contributed by atoms with Crippen molar-refractivity contribution >= 4 is 35.7 Å². The van der Waals surface area contributed by atoms with E-state index in [0.717, 1.165) is 19.1 Å². The molecule has 124 valence electrons. The monoisotopic (exact) mass is 343 g/mol. The van der Waals surface area contributed by atoms with E-state index in [4.69, 9.17) is 0 Å². The maximum atomic E-state index is 3.66. The van der Waals surface area contributed by atoms with Crippen LogP contribution in [0.15, 0.2) is 30.5 Å². The molecular formula is C17H27Cl2N3. The van der Waals surface area contributed by atoms with Gasteiger partial charge in [-0.05, 0) is 37.6 Å². The first-order chi connectivity index (χ1) is 9.79. The predicted octanol–water partition coefficient (Wildman–Crippen LogP) is 3.60. The molecule has 1 fully saturated rings. The fraction of sp³-hybridized carbons (Fsp3) is 0.529. The minimum Gasteiger partial charge on any atom is -0.350 e. The summed E-state index contributed by atoms with van der Waals surface area (Å²) < 4.78 is 2.22. The van der Waals surface area contributed by atoms with E-state index in [9.17, 15) is 0 Å².